The highest BCUT2D eigenvalue weighted by molar-refractivity contribution is 5.97. The normalized spacial score (nSPS) is 11.4. The number of benzene rings is 2. The number of carbonyl (C=O) groups excluding carboxylic acids is 2. The van der Waals surface area contributed by atoms with Crippen molar-refractivity contribution in [3.8, 4) is 11.1 Å². The summed E-state index contributed by atoms with van der Waals surface area (Å²) >= 11 is 0. The van der Waals surface area contributed by atoms with Crippen LogP contribution >= 0.6 is 0 Å². The molecule has 0 aliphatic rings. The van der Waals surface area contributed by atoms with Gasteiger partial charge in [0.25, 0.3) is 0 Å². The molecule has 5 nitrogen and oxygen atoms in total. The van der Waals surface area contributed by atoms with Gasteiger partial charge in [-0.05, 0) is 24.1 Å². The van der Waals surface area contributed by atoms with E-state index in [4.69, 9.17) is 9.47 Å². The Kier molecular flexibility index (Phi) is 6.48. The Bertz CT molecular complexity index is 752. The molecule has 0 bridgehead atoms. The third-order valence-electron chi connectivity index (χ3n) is 3.39. The molecule has 1 atom stereocenters. The van der Waals surface area contributed by atoms with Crippen LogP contribution in [0.1, 0.15) is 17.3 Å². The van der Waals surface area contributed by atoms with Crippen LogP contribution in [0.3, 0.4) is 0 Å². The zero-order valence-corrected chi connectivity index (χ0v) is 14.0. The zero-order valence-electron chi connectivity index (χ0n) is 14.0. The summed E-state index contributed by atoms with van der Waals surface area (Å²) in [6.07, 6.45) is -1.10. The van der Waals surface area contributed by atoms with Crippen molar-refractivity contribution in [3.63, 3.8) is 0 Å². The molecular formula is C20H20O5. The zero-order chi connectivity index (χ0) is 18.2. The van der Waals surface area contributed by atoms with Crippen molar-refractivity contribution in [1.29, 1.82) is 0 Å². The molecule has 2 aromatic rings. The van der Waals surface area contributed by atoms with Crippen LogP contribution in [-0.4, -0.2) is 36.4 Å². The van der Waals surface area contributed by atoms with Crippen LogP contribution in [0.25, 0.3) is 11.1 Å². The highest BCUT2D eigenvalue weighted by atomic mass is 16.6. The molecule has 0 amide bonds. The van der Waals surface area contributed by atoms with Crippen LogP contribution in [0.4, 0.5) is 0 Å². The Hall–Kier alpha value is -2.92. The fourth-order valence-corrected chi connectivity index (χ4v) is 2.12. The minimum absolute atomic E-state index is 0.237. The predicted molar refractivity (Wildman–Crippen MR) is 93.9 cm³/mol. The Labute approximate surface area is 146 Å². The first-order valence-electron chi connectivity index (χ1n) is 7.81. The third kappa shape index (κ3) is 5.29. The van der Waals surface area contributed by atoms with E-state index in [1.165, 1.54) is 6.92 Å². The maximum absolute atomic E-state index is 12.3. The second kappa shape index (κ2) is 8.80. The number of hydrogen-bond donors (Lipinski definition) is 1. The van der Waals surface area contributed by atoms with E-state index in [1.807, 2.05) is 42.5 Å². The van der Waals surface area contributed by atoms with Gasteiger partial charge in [0.2, 0.25) is 0 Å². The van der Waals surface area contributed by atoms with Crippen LogP contribution < -0.4 is 0 Å². The minimum atomic E-state index is -1.10. The lowest BCUT2D eigenvalue weighted by Gasteiger charge is -2.13. The van der Waals surface area contributed by atoms with Gasteiger partial charge >= 0.3 is 11.9 Å². The van der Waals surface area contributed by atoms with E-state index in [0.717, 1.165) is 11.1 Å². The first-order chi connectivity index (χ1) is 12.0. The maximum Gasteiger partial charge on any atom is 0.338 e. The van der Waals surface area contributed by atoms with Crippen molar-refractivity contribution in [3.05, 3.63) is 72.3 Å². The molecule has 2 aromatic carbocycles. The van der Waals surface area contributed by atoms with Gasteiger partial charge < -0.3 is 14.6 Å². The monoisotopic (exact) mass is 340 g/mol. The molecule has 0 saturated carbocycles. The van der Waals surface area contributed by atoms with Crippen LogP contribution in [0.5, 0.6) is 0 Å². The van der Waals surface area contributed by atoms with Gasteiger partial charge in [-0.2, -0.15) is 0 Å². The average Bonchev–Trinajstić information content (AvgIpc) is 2.64. The summed E-state index contributed by atoms with van der Waals surface area (Å²) in [6.45, 7) is 4.42. The molecule has 0 aliphatic heterocycles. The Morgan fingerprint density at radius 1 is 1.00 bits per heavy atom. The second-order valence-corrected chi connectivity index (χ2v) is 5.54. The molecule has 1 N–H and O–H groups in total. The summed E-state index contributed by atoms with van der Waals surface area (Å²) in [6, 6.07) is 16.5. The molecule has 5 heteroatoms. The average molecular weight is 340 g/mol. The molecular weight excluding hydrogens is 320 g/mol. The van der Waals surface area contributed by atoms with Gasteiger partial charge in [0.05, 0.1) is 5.56 Å². The van der Waals surface area contributed by atoms with Crippen LogP contribution in [-0.2, 0) is 14.3 Å². The van der Waals surface area contributed by atoms with E-state index in [2.05, 4.69) is 6.58 Å². The van der Waals surface area contributed by atoms with Gasteiger partial charge in [0.1, 0.15) is 19.3 Å². The van der Waals surface area contributed by atoms with Crippen LogP contribution in [0.15, 0.2) is 66.7 Å². The summed E-state index contributed by atoms with van der Waals surface area (Å²) in [5, 5.41) is 9.78. The summed E-state index contributed by atoms with van der Waals surface area (Å²) in [5.74, 6) is -1.15. The number of ether oxygens (including phenoxy) is 2. The molecule has 25 heavy (non-hydrogen) atoms. The number of aliphatic hydroxyl groups excluding tert-OH is 1. The Balaban J connectivity index is 1.98. The van der Waals surface area contributed by atoms with Gasteiger partial charge in [-0.25, -0.2) is 9.59 Å². The first-order valence-corrected chi connectivity index (χ1v) is 7.81. The van der Waals surface area contributed by atoms with Crippen molar-refractivity contribution < 1.29 is 24.2 Å². The lowest BCUT2D eigenvalue weighted by Crippen LogP contribution is -2.25. The highest BCUT2D eigenvalue weighted by Crippen LogP contribution is 2.24. The van der Waals surface area contributed by atoms with Crippen molar-refractivity contribution in [2.75, 3.05) is 13.2 Å². The van der Waals surface area contributed by atoms with Gasteiger partial charge in [-0.3, -0.25) is 0 Å². The maximum atomic E-state index is 12.3. The Morgan fingerprint density at radius 3 is 2.28 bits per heavy atom. The lowest BCUT2D eigenvalue weighted by atomic mass is 10.00. The smallest absolute Gasteiger partial charge is 0.338 e. The van der Waals surface area contributed by atoms with Gasteiger partial charge in [0, 0.05) is 5.57 Å². The van der Waals surface area contributed by atoms with Crippen LogP contribution in [0.2, 0.25) is 0 Å². The largest absolute Gasteiger partial charge is 0.459 e. The van der Waals surface area contributed by atoms with Crippen molar-refractivity contribution in [2.24, 2.45) is 0 Å². The van der Waals surface area contributed by atoms with Crippen molar-refractivity contribution in [2.45, 2.75) is 13.0 Å². The Morgan fingerprint density at radius 2 is 1.60 bits per heavy atom. The number of aliphatic hydroxyl groups is 1. The fourth-order valence-electron chi connectivity index (χ4n) is 2.12. The molecule has 0 spiro atoms. The molecule has 0 aliphatic carbocycles. The topological polar surface area (TPSA) is 72.8 Å². The molecule has 0 heterocycles. The standard InChI is InChI=1S/C20H20O5/c1-14(2)19(22)24-12-16(21)13-25-20(23)18-11-7-6-10-17(18)15-8-4-3-5-9-15/h3-11,16,21H,1,12-13H2,2H3. The van der Waals surface area contributed by atoms with Crippen molar-refractivity contribution >= 4 is 11.9 Å². The number of esters is 2. The van der Waals surface area contributed by atoms with Gasteiger partial charge in [0.15, 0.2) is 0 Å². The fraction of sp³-hybridized carbons (Fsp3) is 0.200. The van der Waals surface area contributed by atoms with E-state index in [-0.39, 0.29) is 18.8 Å². The number of rotatable bonds is 7. The third-order valence-corrected chi connectivity index (χ3v) is 3.39. The highest BCUT2D eigenvalue weighted by Gasteiger charge is 2.16. The molecule has 0 saturated heterocycles. The first kappa shape index (κ1) is 18.4. The van der Waals surface area contributed by atoms with Gasteiger partial charge in [-0.1, -0.05) is 55.1 Å². The van der Waals surface area contributed by atoms with E-state index < -0.39 is 18.0 Å². The molecule has 0 aromatic heterocycles. The summed E-state index contributed by atoms with van der Waals surface area (Å²) in [7, 11) is 0. The van der Waals surface area contributed by atoms with E-state index in [0.29, 0.717) is 5.56 Å². The van der Waals surface area contributed by atoms with E-state index in [1.54, 1.807) is 12.1 Å². The summed E-state index contributed by atoms with van der Waals surface area (Å²) < 4.78 is 9.96. The van der Waals surface area contributed by atoms with Crippen LogP contribution in [0, 0.1) is 0 Å². The van der Waals surface area contributed by atoms with Gasteiger partial charge in [-0.15, -0.1) is 0 Å². The number of hydrogen-bond acceptors (Lipinski definition) is 5. The molecule has 0 fully saturated rings. The van der Waals surface area contributed by atoms with Crippen molar-refractivity contribution in [1.82, 2.24) is 0 Å². The molecule has 130 valence electrons. The van der Waals surface area contributed by atoms with E-state index >= 15 is 0 Å². The molecule has 1 unspecified atom stereocenters. The predicted octanol–water partition coefficient (Wildman–Crippen LogP) is 2.99. The summed E-state index contributed by atoms with van der Waals surface area (Å²) in [5.41, 5.74) is 2.28. The quantitative estimate of drug-likeness (QED) is 0.620. The molecule has 0 radical (unpaired) electrons. The number of carbonyl (C=O) groups is 2. The lowest BCUT2D eigenvalue weighted by molar-refractivity contribution is -0.142. The molecule has 2 rings (SSSR count). The minimum Gasteiger partial charge on any atom is -0.459 e. The summed E-state index contributed by atoms with van der Waals surface area (Å²) in [4.78, 5) is 23.6. The second-order valence-electron chi connectivity index (χ2n) is 5.54. The van der Waals surface area contributed by atoms with E-state index in [9.17, 15) is 14.7 Å². The SMILES string of the molecule is C=C(C)C(=O)OCC(O)COC(=O)c1ccccc1-c1ccccc1.